The van der Waals surface area contributed by atoms with Gasteiger partial charge in [0.15, 0.2) is 16.6 Å². The Morgan fingerprint density at radius 1 is 1.13 bits per heavy atom. The first-order chi connectivity index (χ1) is 18.7. The number of carbonyl (C=O) groups excluding carboxylic acids is 1. The Morgan fingerprint density at radius 3 is 2.67 bits per heavy atom. The molecule has 4 rings (SSSR count). The third kappa shape index (κ3) is 8.04. The monoisotopic (exact) mass is 618 g/mol. The third-order valence-electron chi connectivity index (χ3n) is 5.22. The summed E-state index contributed by atoms with van der Waals surface area (Å²) in [4.78, 5) is 16.6. The molecule has 0 radical (unpaired) electrons. The summed E-state index contributed by atoms with van der Waals surface area (Å²) in [5, 5.41) is 8.85. The van der Waals surface area contributed by atoms with Crippen molar-refractivity contribution in [2.45, 2.75) is 19.2 Å². The summed E-state index contributed by atoms with van der Waals surface area (Å²) in [6, 6.07) is 18.0. The van der Waals surface area contributed by atoms with Crippen LogP contribution in [0.2, 0.25) is 0 Å². The lowest BCUT2D eigenvalue weighted by Crippen LogP contribution is -2.20. The molecule has 0 spiro atoms. The van der Waals surface area contributed by atoms with Crippen molar-refractivity contribution in [2.75, 3.05) is 12.4 Å². The molecule has 0 saturated carbocycles. The number of alkyl halides is 3. The summed E-state index contributed by atoms with van der Waals surface area (Å²) in [6.45, 7) is 0.368. The quantitative estimate of drug-likeness (QED) is 0.148. The maximum absolute atomic E-state index is 12.9. The van der Waals surface area contributed by atoms with Crippen molar-refractivity contribution >= 4 is 50.2 Å². The van der Waals surface area contributed by atoms with Crippen LogP contribution in [0.15, 0.2) is 81.7 Å². The van der Waals surface area contributed by atoms with Gasteiger partial charge in [0, 0.05) is 11.1 Å². The van der Waals surface area contributed by atoms with Crippen molar-refractivity contribution < 1.29 is 27.4 Å². The molecule has 39 heavy (non-hydrogen) atoms. The van der Waals surface area contributed by atoms with Crippen LogP contribution >= 0.6 is 27.3 Å². The second-order valence-corrected chi connectivity index (χ2v) is 9.84. The van der Waals surface area contributed by atoms with Gasteiger partial charge in [-0.3, -0.25) is 4.79 Å². The van der Waals surface area contributed by atoms with E-state index in [0.29, 0.717) is 39.0 Å². The number of hydrogen-bond donors (Lipinski definition) is 2. The van der Waals surface area contributed by atoms with Crippen molar-refractivity contribution in [2.24, 2.45) is 5.10 Å². The van der Waals surface area contributed by atoms with Gasteiger partial charge in [0.05, 0.1) is 35.5 Å². The second kappa shape index (κ2) is 12.8. The zero-order valence-corrected chi connectivity index (χ0v) is 22.9. The summed E-state index contributed by atoms with van der Waals surface area (Å²) in [6.07, 6.45) is -3.03. The first-order valence-corrected chi connectivity index (χ1v) is 13.1. The van der Waals surface area contributed by atoms with Crippen LogP contribution in [0.5, 0.6) is 11.5 Å². The molecule has 0 atom stereocenters. The van der Waals surface area contributed by atoms with Crippen molar-refractivity contribution in [1.29, 1.82) is 0 Å². The van der Waals surface area contributed by atoms with Crippen molar-refractivity contribution in [1.82, 2.24) is 10.4 Å². The van der Waals surface area contributed by atoms with Crippen LogP contribution in [-0.4, -0.2) is 24.2 Å². The lowest BCUT2D eigenvalue weighted by molar-refractivity contribution is -0.137. The van der Waals surface area contributed by atoms with Crippen LogP contribution in [0.4, 0.5) is 24.0 Å². The summed E-state index contributed by atoms with van der Waals surface area (Å²) in [5.41, 5.74) is 4.05. The topological polar surface area (TPSA) is 84.8 Å². The number of benzene rings is 3. The van der Waals surface area contributed by atoms with Crippen LogP contribution in [0, 0.1) is 0 Å². The normalized spacial score (nSPS) is 11.4. The van der Waals surface area contributed by atoms with Gasteiger partial charge in [0.2, 0.25) is 5.91 Å². The highest BCUT2D eigenvalue weighted by Crippen LogP contribution is 2.37. The minimum Gasteiger partial charge on any atom is -0.493 e. The van der Waals surface area contributed by atoms with Gasteiger partial charge in [0.25, 0.3) is 0 Å². The van der Waals surface area contributed by atoms with Crippen LogP contribution < -0.4 is 20.2 Å². The van der Waals surface area contributed by atoms with Gasteiger partial charge in [-0.2, -0.15) is 18.3 Å². The Kier molecular flexibility index (Phi) is 9.20. The van der Waals surface area contributed by atoms with Crippen LogP contribution in [-0.2, 0) is 24.0 Å². The number of methoxy groups -OCH3 is 1. The molecule has 7 nitrogen and oxygen atoms in total. The lowest BCUT2D eigenvalue weighted by Gasteiger charge is -2.13. The number of carbonyl (C=O) groups is 1. The Bertz CT molecular complexity index is 1460. The van der Waals surface area contributed by atoms with E-state index >= 15 is 0 Å². The number of nitrogens with one attached hydrogen (secondary N) is 2. The van der Waals surface area contributed by atoms with E-state index in [2.05, 4.69) is 36.8 Å². The summed E-state index contributed by atoms with van der Waals surface area (Å²) in [7, 11) is 1.53. The Labute approximate surface area is 234 Å². The van der Waals surface area contributed by atoms with E-state index in [0.717, 1.165) is 17.7 Å². The highest BCUT2D eigenvalue weighted by molar-refractivity contribution is 9.10. The molecule has 0 aliphatic heterocycles. The molecule has 0 unspecified atom stereocenters. The number of hydrogen-bond acceptors (Lipinski definition) is 7. The number of halogens is 4. The Balaban J connectivity index is 1.32. The number of anilines is 2. The second-order valence-electron chi connectivity index (χ2n) is 8.13. The van der Waals surface area contributed by atoms with E-state index in [-0.39, 0.29) is 12.1 Å². The number of hydrazone groups is 1. The largest absolute Gasteiger partial charge is 0.493 e. The summed E-state index contributed by atoms with van der Waals surface area (Å²) in [5.74, 6) is 0.632. The minimum absolute atomic E-state index is 0.0581. The molecule has 1 heterocycles. The predicted molar refractivity (Wildman–Crippen MR) is 148 cm³/mol. The van der Waals surface area contributed by atoms with E-state index < -0.39 is 17.6 Å². The maximum Gasteiger partial charge on any atom is 0.416 e. The maximum atomic E-state index is 12.9. The number of ether oxygens (including phenoxy) is 2. The molecule has 0 aliphatic carbocycles. The Morgan fingerprint density at radius 2 is 1.92 bits per heavy atom. The van der Waals surface area contributed by atoms with Gasteiger partial charge in [-0.1, -0.05) is 36.4 Å². The molecule has 0 fully saturated rings. The molecule has 0 saturated heterocycles. The van der Waals surface area contributed by atoms with Gasteiger partial charge >= 0.3 is 6.18 Å². The van der Waals surface area contributed by atoms with E-state index in [1.165, 1.54) is 36.8 Å². The number of aromatic nitrogens is 1. The molecule has 0 bridgehead atoms. The summed E-state index contributed by atoms with van der Waals surface area (Å²) < 4.78 is 50.8. The molecular formula is C27H22BrF3N4O3S. The molecular weight excluding hydrogens is 597 g/mol. The molecule has 1 aromatic heterocycles. The minimum atomic E-state index is -4.44. The molecule has 0 aliphatic rings. The van der Waals surface area contributed by atoms with Gasteiger partial charge in [-0.05, 0) is 57.4 Å². The van der Waals surface area contributed by atoms with Gasteiger partial charge in [0.1, 0.15) is 6.61 Å². The highest BCUT2D eigenvalue weighted by Gasteiger charge is 2.30. The molecule has 4 aromatic rings. The number of amides is 1. The average Bonchev–Trinajstić information content (AvgIpc) is 3.34. The highest BCUT2D eigenvalue weighted by atomic mass is 79.9. The zero-order chi connectivity index (χ0) is 27.8. The van der Waals surface area contributed by atoms with Gasteiger partial charge in [-0.25, -0.2) is 10.4 Å². The van der Waals surface area contributed by atoms with Gasteiger partial charge < -0.3 is 14.8 Å². The third-order valence-corrected chi connectivity index (χ3v) is 6.61. The van der Waals surface area contributed by atoms with Crippen molar-refractivity contribution in [3.63, 3.8) is 0 Å². The number of thiazole rings is 1. The first kappa shape index (κ1) is 28.1. The molecule has 3 aromatic carbocycles. The van der Waals surface area contributed by atoms with E-state index in [4.69, 9.17) is 9.47 Å². The molecule has 1 amide bonds. The fourth-order valence-electron chi connectivity index (χ4n) is 3.41. The van der Waals surface area contributed by atoms with Crippen LogP contribution in [0.3, 0.4) is 0 Å². The van der Waals surface area contributed by atoms with Gasteiger partial charge in [-0.15, -0.1) is 11.3 Å². The first-order valence-electron chi connectivity index (χ1n) is 11.5. The van der Waals surface area contributed by atoms with Crippen LogP contribution in [0.25, 0.3) is 0 Å². The van der Waals surface area contributed by atoms with Crippen molar-refractivity contribution in [3.8, 4) is 11.5 Å². The molecule has 12 heteroatoms. The lowest BCUT2D eigenvalue weighted by atomic mass is 10.2. The number of rotatable bonds is 10. The van der Waals surface area contributed by atoms with Crippen LogP contribution in [0.1, 0.15) is 22.4 Å². The zero-order valence-electron chi connectivity index (χ0n) is 20.5. The van der Waals surface area contributed by atoms with E-state index in [9.17, 15) is 18.0 Å². The molecule has 2 N–H and O–H groups in total. The fourth-order valence-corrected chi connectivity index (χ4v) is 4.71. The smallest absolute Gasteiger partial charge is 0.416 e. The van der Waals surface area contributed by atoms with Crippen molar-refractivity contribution in [3.05, 3.63) is 99.0 Å². The van der Waals surface area contributed by atoms with E-state index in [1.807, 2.05) is 30.3 Å². The molecule has 202 valence electrons. The summed E-state index contributed by atoms with van der Waals surface area (Å²) >= 11 is 4.67. The predicted octanol–water partition coefficient (Wildman–Crippen LogP) is 6.95. The average molecular weight is 619 g/mol. The Hall–Kier alpha value is -3.90. The number of nitrogens with zero attached hydrogens (tertiary/aromatic N) is 2. The fraction of sp³-hybridized carbons (Fsp3) is 0.148. The standard InChI is InChI=1S/C27H22BrF3N4O3S/c1-37-23-11-18(10-22(28)25(23)38-15-17-6-3-2-4-7-17)14-32-35-24(36)13-21-16-39-26(34-21)33-20-9-5-8-19(12-20)27(29,30)31/h2-12,14,16H,13,15H2,1H3,(H,33,34)(H,35,36)/b32-14-. The SMILES string of the molecule is COc1cc(/C=N\NC(=O)Cc2csc(Nc3cccc(C(F)(F)F)c3)n2)cc(Br)c1OCc1ccccc1. The van der Waals surface area contributed by atoms with E-state index in [1.54, 1.807) is 17.5 Å².